The number of nitro benzene ring substituents is 1. The number of nitrogens with zero attached hydrogens (tertiary/aromatic N) is 2. The minimum Gasteiger partial charge on any atom is -0.508 e. The topological polar surface area (TPSA) is 107 Å². The predicted molar refractivity (Wildman–Crippen MR) is 76.4 cm³/mol. The highest BCUT2D eigenvalue weighted by Gasteiger charge is 2.07. The molecule has 0 saturated heterocycles. The Morgan fingerprint density at radius 3 is 2.19 bits per heavy atom. The van der Waals surface area contributed by atoms with E-state index in [0.29, 0.717) is 11.1 Å². The predicted octanol–water partition coefficient (Wildman–Crippen LogP) is 3.07. The van der Waals surface area contributed by atoms with Gasteiger partial charge in [-0.3, -0.25) is 10.1 Å². The molecular weight excluding hydrogens is 272 g/mol. The zero-order valence-electron chi connectivity index (χ0n) is 10.7. The van der Waals surface area contributed by atoms with E-state index in [-0.39, 0.29) is 22.8 Å². The normalized spacial score (nSPS) is 10.9. The quantitative estimate of drug-likeness (QED) is 0.389. The van der Waals surface area contributed by atoms with Gasteiger partial charge in [-0.1, -0.05) is 0 Å². The highest BCUT2D eigenvalue weighted by Crippen LogP contribution is 2.25. The molecule has 0 amide bonds. The number of benzene rings is 2. The van der Waals surface area contributed by atoms with Crippen molar-refractivity contribution in [3.63, 3.8) is 0 Å². The van der Waals surface area contributed by atoms with Crippen LogP contribution in [0.1, 0.15) is 11.1 Å². The summed E-state index contributed by atoms with van der Waals surface area (Å²) in [7, 11) is 0. The van der Waals surface area contributed by atoms with Crippen molar-refractivity contribution in [3.05, 3.63) is 63.7 Å². The average molecular weight is 282 g/mol. The number of rotatable bonds is 3. The summed E-state index contributed by atoms with van der Waals surface area (Å²) in [6.07, 6.45) is 1.47. The van der Waals surface area contributed by atoms with Gasteiger partial charge in [-0.25, -0.2) is 0 Å². The molecule has 0 spiro atoms. The number of hydrogen-bond acceptors (Lipinski definition) is 5. The molecule has 6 heteroatoms. The molecule has 0 saturated carbocycles. The van der Waals surface area contributed by atoms with Gasteiger partial charge in [0.15, 0.2) is 0 Å². The molecule has 0 aromatic heterocycles. The molecule has 0 heterocycles. The van der Waals surface area contributed by atoms with E-state index in [0.717, 1.165) is 0 Å². The second-order valence-electron chi connectivity index (χ2n) is 4.26. The summed E-state index contributed by atoms with van der Waals surface area (Å²) in [5.74, 6) is -0.246. The van der Waals surface area contributed by atoms with Crippen molar-refractivity contribution in [2.75, 3.05) is 0 Å². The second-order valence-corrected chi connectivity index (χ2v) is 4.26. The van der Waals surface area contributed by atoms with Crippen molar-refractivity contribution < 1.29 is 15.1 Å². The van der Waals surface area contributed by atoms with Crippen molar-refractivity contribution in [2.24, 2.45) is 0 Å². The zero-order chi connectivity index (χ0) is 15.4. The smallest absolute Gasteiger partial charge is 0.269 e. The highest BCUT2D eigenvalue weighted by molar-refractivity contribution is 5.90. The maximum Gasteiger partial charge on any atom is 0.269 e. The van der Waals surface area contributed by atoms with Gasteiger partial charge < -0.3 is 10.2 Å². The van der Waals surface area contributed by atoms with Crippen LogP contribution in [0.4, 0.5) is 5.69 Å². The number of phenolic OH excluding ortho intramolecular Hbond substituents is 2. The van der Waals surface area contributed by atoms with Crippen molar-refractivity contribution in [1.82, 2.24) is 0 Å². The van der Waals surface area contributed by atoms with Crippen molar-refractivity contribution >= 4 is 17.3 Å². The molecule has 104 valence electrons. The maximum absolute atomic E-state index is 10.6. The number of aromatic hydroxyl groups is 2. The van der Waals surface area contributed by atoms with Crippen LogP contribution in [-0.2, 0) is 0 Å². The number of hydrogen-bond donors (Lipinski definition) is 2. The zero-order valence-corrected chi connectivity index (χ0v) is 10.7. The van der Waals surface area contributed by atoms with Crippen molar-refractivity contribution in [2.45, 2.75) is 0 Å². The van der Waals surface area contributed by atoms with Crippen LogP contribution < -0.4 is 0 Å². The van der Waals surface area contributed by atoms with Gasteiger partial charge in [-0.05, 0) is 41.5 Å². The SMILES string of the molecule is N#C/C(=C\c1cc(O)cc(O)c1)c1ccc([N+](=O)[O-])cc1. The van der Waals surface area contributed by atoms with Crippen LogP contribution in [0, 0.1) is 21.4 Å². The molecule has 2 rings (SSSR count). The van der Waals surface area contributed by atoms with Crippen LogP contribution in [0.25, 0.3) is 11.6 Å². The summed E-state index contributed by atoms with van der Waals surface area (Å²) in [5.41, 5.74) is 1.15. The van der Waals surface area contributed by atoms with Crippen LogP contribution in [-0.4, -0.2) is 15.1 Å². The molecule has 0 aliphatic rings. The Hall–Kier alpha value is -3.33. The number of non-ortho nitro benzene ring substituents is 1. The standard InChI is InChI=1S/C15H10N2O4/c16-9-12(5-10-6-14(18)8-15(19)7-10)11-1-3-13(4-2-11)17(20)21/h1-8,18-19H/b12-5+. The Labute approximate surface area is 120 Å². The molecule has 0 aliphatic carbocycles. The van der Waals surface area contributed by atoms with Gasteiger partial charge in [0, 0.05) is 18.2 Å². The minimum absolute atomic E-state index is 0.0639. The van der Waals surface area contributed by atoms with Crippen LogP contribution >= 0.6 is 0 Å². The first-order chi connectivity index (χ1) is 9.99. The largest absolute Gasteiger partial charge is 0.508 e. The molecular formula is C15H10N2O4. The first kappa shape index (κ1) is 14.1. The Kier molecular flexibility index (Phi) is 3.86. The van der Waals surface area contributed by atoms with Gasteiger partial charge >= 0.3 is 0 Å². The number of nitro groups is 1. The fourth-order valence-corrected chi connectivity index (χ4v) is 1.81. The lowest BCUT2D eigenvalue weighted by Crippen LogP contribution is -1.88. The van der Waals surface area contributed by atoms with E-state index in [1.165, 1.54) is 48.5 Å². The second kappa shape index (κ2) is 5.75. The Bertz CT molecular complexity index is 738. The van der Waals surface area contributed by atoms with Gasteiger partial charge in [-0.2, -0.15) is 5.26 Å². The molecule has 0 bridgehead atoms. The summed E-state index contributed by atoms with van der Waals surface area (Å²) in [6, 6.07) is 11.5. The number of allylic oxidation sites excluding steroid dienone is 1. The van der Waals surface area contributed by atoms with Crippen LogP contribution in [0.3, 0.4) is 0 Å². The molecule has 2 aromatic carbocycles. The molecule has 6 nitrogen and oxygen atoms in total. The summed E-state index contributed by atoms with van der Waals surface area (Å²) in [6.45, 7) is 0. The molecule has 0 aliphatic heterocycles. The minimum atomic E-state index is -0.521. The third-order valence-corrected chi connectivity index (χ3v) is 2.75. The van der Waals surface area contributed by atoms with Gasteiger partial charge in [0.2, 0.25) is 0 Å². The third-order valence-electron chi connectivity index (χ3n) is 2.75. The van der Waals surface area contributed by atoms with E-state index in [9.17, 15) is 25.6 Å². The fraction of sp³-hybridized carbons (Fsp3) is 0. The molecule has 2 aromatic rings. The summed E-state index contributed by atoms with van der Waals surface area (Å²) >= 11 is 0. The lowest BCUT2D eigenvalue weighted by molar-refractivity contribution is -0.384. The lowest BCUT2D eigenvalue weighted by atomic mass is 10.0. The first-order valence-electron chi connectivity index (χ1n) is 5.89. The maximum atomic E-state index is 10.6. The van der Waals surface area contributed by atoms with E-state index in [1.54, 1.807) is 0 Å². The Morgan fingerprint density at radius 2 is 1.71 bits per heavy atom. The van der Waals surface area contributed by atoms with Crippen molar-refractivity contribution in [1.29, 1.82) is 5.26 Å². The highest BCUT2D eigenvalue weighted by atomic mass is 16.6. The van der Waals surface area contributed by atoms with E-state index in [4.69, 9.17) is 0 Å². The first-order valence-corrected chi connectivity index (χ1v) is 5.89. The van der Waals surface area contributed by atoms with Gasteiger partial charge in [-0.15, -0.1) is 0 Å². The van der Waals surface area contributed by atoms with E-state index >= 15 is 0 Å². The monoisotopic (exact) mass is 282 g/mol. The summed E-state index contributed by atoms with van der Waals surface area (Å²) < 4.78 is 0. The molecule has 0 fully saturated rings. The number of phenols is 2. The third kappa shape index (κ3) is 3.36. The Balaban J connectivity index is 2.41. The van der Waals surface area contributed by atoms with E-state index < -0.39 is 4.92 Å². The van der Waals surface area contributed by atoms with Crippen molar-refractivity contribution in [3.8, 4) is 17.6 Å². The molecule has 2 N–H and O–H groups in total. The number of nitriles is 1. The lowest BCUT2D eigenvalue weighted by Gasteiger charge is -2.01. The Morgan fingerprint density at radius 1 is 1.14 bits per heavy atom. The fourth-order valence-electron chi connectivity index (χ4n) is 1.81. The van der Waals surface area contributed by atoms with Gasteiger partial charge in [0.1, 0.15) is 11.5 Å². The van der Waals surface area contributed by atoms with Crippen LogP contribution in [0.2, 0.25) is 0 Å². The average Bonchev–Trinajstić information content (AvgIpc) is 2.44. The van der Waals surface area contributed by atoms with Gasteiger partial charge in [0.25, 0.3) is 5.69 Å². The molecule has 0 unspecified atom stereocenters. The van der Waals surface area contributed by atoms with Crippen LogP contribution in [0.5, 0.6) is 11.5 Å². The summed E-state index contributed by atoms with van der Waals surface area (Å²) in [5, 5.41) is 38.6. The summed E-state index contributed by atoms with van der Waals surface area (Å²) in [4.78, 5) is 10.1. The van der Waals surface area contributed by atoms with E-state index in [1.807, 2.05) is 6.07 Å². The molecule has 0 radical (unpaired) electrons. The molecule has 21 heavy (non-hydrogen) atoms. The van der Waals surface area contributed by atoms with E-state index in [2.05, 4.69) is 0 Å². The molecule has 0 atom stereocenters. The van der Waals surface area contributed by atoms with Gasteiger partial charge in [0.05, 0.1) is 16.6 Å². The van der Waals surface area contributed by atoms with Crippen LogP contribution in [0.15, 0.2) is 42.5 Å².